The zero-order chi connectivity index (χ0) is 12.1. The fraction of sp³-hybridized carbons (Fsp3) is 0.462. The monoisotopic (exact) mass is 251 g/mol. The van der Waals surface area contributed by atoms with Crippen LogP contribution in [0.2, 0.25) is 5.02 Å². The summed E-state index contributed by atoms with van der Waals surface area (Å²) < 4.78 is 0. The maximum Gasteiger partial charge on any atom is 0.147 e. The SMILES string of the molecule is CCNCc1cnc(N2CC=CCC2)c(Cl)c1. The smallest absolute Gasteiger partial charge is 0.147 e. The molecule has 0 spiro atoms. The molecule has 17 heavy (non-hydrogen) atoms. The topological polar surface area (TPSA) is 28.2 Å². The third-order valence-electron chi connectivity index (χ3n) is 2.82. The quantitative estimate of drug-likeness (QED) is 0.834. The van der Waals surface area contributed by atoms with E-state index in [1.807, 2.05) is 12.3 Å². The molecule has 4 heteroatoms. The van der Waals surface area contributed by atoms with Gasteiger partial charge in [-0.2, -0.15) is 0 Å². The van der Waals surface area contributed by atoms with Crippen LogP contribution < -0.4 is 10.2 Å². The largest absolute Gasteiger partial charge is 0.351 e. The Morgan fingerprint density at radius 1 is 1.47 bits per heavy atom. The Hall–Kier alpha value is -1.06. The van der Waals surface area contributed by atoms with E-state index in [1.54, 1.807) is 0 Å². The molecule has 0 amide bonds. The highest BCUT2D eigenvalue weighted by Gasteiger charge is 2.12. The van der Waals surface area contributed by atoms with Gasteiger partial charge in [-0.15, -0.1) is 0 Å². The van der Waals surface area contributed by atoms with Crippen LogP contribution in [0.4, 0.5) is 5.82 Å². The molecule has 0 radical (unpaired) electrons. The lowest BCUT2D eigenvalue weighted by Gasteiger charge is -2.25. The van der Waals surface area contributed by atoms with E-state index >= 15 is 0 Å². The number of nitrogens with one attached hydrogen (secondary N) is 1. The van der Waals surface area contributed by atoms with Gasteiger partial charge in [0.15, 0.2) is 0 Å². The third kappa shape index (κ3) is 3.20. The number of aromatic nitrogens is 1. The van der Waals surface area contributed by atoms with Gasteiger partial charge in [-0.05, 0) is 24.6 Å². The number of rotatable bonds is 4. The molecule has 2 heterocycles. The molecule has 1 aliphatic rings. The van der Waals surface area contributed by atoms with Gasteiger partial charge < -0.3 is 10.2 Å². The van der Waals surface area contributed by atoms with E-state index in [1.165, 1.54) is 0 Å². The Morgan fingerprint density at radius 2 is 2.35 bits per heavy atom. The molecule has 0 bridgehead atoms. The lowest BCUT2D eigenvalue weighted by atomic mass is 10.2. The molecular weight excluding hydrogens is 234 g/mol. The summed E-state index contributed by atoms with van der Waals surface area (Å²) in [7, 11) is 0. The maximum absolute atomic E-state index is 6.29. The van der Waals surface area contributed by atoms with Crippen LogP contribution in [0.3, 0.4) is 0 Å². The van der Waals surface area contributed by atoms with Crippen LogP contribution in [-0.2, 0) is 6.54 Å². The molecule has 0 aromatic carbocycles. The van der Waals surface area contributed by atoms with Crippen molar-refractivity contribution in [1.29, 1.82) is 0 Å². The van der Waals surface area contributed by atoms with E-state index in [0.29, 0.717) is 0 Å². The first kappa shape index (κ1) is 12.4. The first-order valence-corrected chi connectivity index (χ1v) is 6.44. The van der Waals surface area contributed by atoms with Gasteiger partial charge in [-0.3, -0.25) is 0 Å². The second kappa shape index (κ2) is 6.03. The standard InChI is InChI=1S/C13H18ClN3/c1-2-15-9-11-8-12(14)13(16-10-11)17-6-4-3-5-7-17/h3-4,8,10,15H,2,5-7,9H2,1H3. The van der Waals surface area contributed by atoms with E-state index in [2.05, 4.69) is 34.3 Å². The van der Waals surface area contributed by atoms with E-state index in [4.69, 9.17) is 11.6 Å². The molecule has 0 atom stereocenters. The highest BCUT2D eigenvalue weighted by Crippen LogP contribution is 2.25. The summed E-state index contributed by atoms with van der Waals surface area (Å²) in [5.41, 5.74) is 1.13. The van der Waals surface area contributed by atoms with E-state index in [0.717, 1.165) is 49.0 Å². The van der Waals surface area contributed by atoms with Crippen molar-refractivity contribution >= 4 is 17.4 Å². The van der Waals surface area contributed by atoms with Gasteiger partial charge in [0, 0.05) is 25.8 Å². The minimum Gasteiger partial charge on any atom is -0.351 e. The summed E-state index contributed by atoms with van der Waals surface area (Å²) in [6.45, 7) is 5.76. The van der Waals surface area contributed by atoms with E-state index in [9.17, 15) is 0 Å². The van der Waals surface area contributed by atoms with Crippen LogP contribution in [0, 0.1) is 0 Å². The van der Waals surface area contributed by atoms with Crippen molar-refractivity contribution < 1.29 is 0 Å². The fourth-order valence-corrected chi connectivity index (χ4v) is 2.21. The van der Waals surface area contributed by atoms with Crippen LogP contribution in [-0.4, -0.2) is 24.6 Å². The molecule has 1 aliphatic heterocycles. The van der Waals surface area contributed by atoms with E-state index in [-0.39, 0.29) is 0 Å². The van der Waals surface area contributed by atoms with Crippen molar-refractivity contribution in [1.82, 2.24) is 10.3 Å². The van der Waals surface area contributed by atoms with Crippen LogP contribution >= 0.6 is 11.6 Å². The second-order valence-electron chi connectivity index (χ2n) is 4.14. The molecule has 0 saturated heterocycles. The van der Waals surface area contributed by atoms with Gasteiger partial charge in [0.25, 0.3) is 0 Å². The normalized spacial score (nSPS) is 15.3. The molecule has 0 unspecified atom stereocenters. The Balaban J connectivity index is 2.10. The Bertz CT molecular complexity index is 404. The zero-order valence-corrected chi connectivity index (χ0v) is 10.9. The number of nitrogens with zero attached hydrogens (tertiary/aromatic N) is 2. The molecule has 0 aliphatic carbocycles. The Labute approximate surface area is 107 Å². The van der Waals surface area contributed by atoms with Crippen molar-refractivity contribution in [3.8, 4) is 0 Å². The first-order chi connectivity index (χ1) is 8.31. The van der Waals surface area contributed by atoms with Crippen molar-refractivity contribution in [2.24, 2.45) is 0 Å². The van der Waals surface area contributed by atoms with Gasteiger partial charge in [-0.25, -0.2) is 4.98 Å². The highest BCUT2D eigenvalue weighted by atomic mass is 35.5. The third-order valence-corrected chi connectivity index (χ3v) is 3.09. The molecule has 0 fully saturated rings. The average molecular weight is 252 g/mol. The molecule has 1 aromatic rings. The molecular formula is C13H18ClN3. The minimum atomic E-state index is 0.746. The van der Waals surface area contributed by atoms with E-state index < -0.39 is 0 Å². The van der Waals surface area contributed by atoms with Crippen molar-refractivity contribution in [2.45, 2.75) is 19.9 Å². The van der Waals surface area contributed by atoms with Gasteiger partial charge >= 0.3 is 0 Å². The van der Waals surface area contributed by atoms with Crippen LogP contribution in [0.1, 0.15) is 18.9 Å². The summed E-state index contributed by atoms with van der Waals surface area (Å²) in [5.74, 6) is 0.899. The lowest BCUT2D eigenvalue weighted by molar-refractivity contribution is 0.723. The second-order valence-corrected chi connectivity index (χ2v) is 4.54. The predicted molar refractivity (Wildman–Crippen MR) is 72.6 cm³/mol. The number of pyridine rings is 1. The van der Waals surface area contributed by atoms with Crippen LogP contribution in [0.25, 0.3) is 0 Å². The number of halogens is 1. The predicted octanol–water partition coefficient (Wildman–Crippen LogP) is 2.61. The molecule has 1 N–H and O–H groups in total. The number of hydrogen-bond donors (Lipinski definition) is 1. The van der Waals surface area contributed by atoms with Crippen molar-refractivity contribution in [2.75, 3.05) is 24.5 Å². The molecule has 92 valence electrons. The number of hydrogen-bond acceptors (Lipinski definition) is 3. The summed E-state index contributed by atoms with van der Waals surface area (Å²) in [5, 5.41) is 4.01. The number of anilines is 1. The fourth-order valence-electron chi connectivity index (χ4n) is 1.90. The lowest BCUT2D eigenvalue weighted by Crippen LogP contribution is -2.28. The van der Waals surface area contributed by atoms with Crippen LogP contribution in [0.15, 0.2) is 24.4 Å². The zero-order valence-electron chi connectivity index (χ0n) is 10.1. The summed E-state index contributed by atoms with van der Waals surface area (Å²) >= 11 is 6.29. The summed E-state index contributed by atoms with van der Waals surface area (Å²) in [4.78, 5) is 6.68. The molecule has 2 rings (SSSR count). The minimum absolute atomic E-state index is 0.746. The van der Waals surface area contributed by atoms with Crippen molar-refractivity contribution in [3.63, 3.8) is 0 Å². The molecule has 1 aromatic heterocycles. The average Bonchev–Trinajstić information content (AvgIpc) is 2.37. The van der Waals surface area contributed by atoms with Gasteiger partial charge in [0.05, 0.1) is 5.02 Å². The maximum atomic E-state index is 6.29. The van der Waals surface area contributed by atoms with Gasteiger partial charge in [-0.1, -0.05) is 30.7 Å². The molecule has 3 nitrogen and oxygen atoms in total. The van der Waals surface area contributed by atoms with Crippen molar-refractivity contribution in [3.05, 3.63) is 35.0 Å². The van der Waals surface area contributed by atoms with Gasteiger partial charge in [0.2, 0.25) is 0 Å². The summed E-state index contributed by atoms with van der Waals surface area (Å²) in [6.07, 6.45) is 7.33. The van der Waals surface area contributed by atoms with Gasteiger partial charge in [0.1, 0.15) is 5.82 Å². The molecule has 0 saturated carbocycles. The first-order valence-electron chi connectivity index (χ1n) is 6.06. The Morgan fingerprint density at radius 3 is 3.00 bits per heavy atom. The van der Waals surface area contributed by atoms with Crippen LogP contribution in [0.5, 0.6) is 0 Å². The Kier molecular flexibility index (Phi) is 4.40. The summed E-state index contributed by atoms with van der Waals surface area (Å²) in [6, 6.07) is 2.00. The highest BCUT2D eigenvalue weighted by molar-refractivity contribution is 6.33.